The molecule has 0 atom stereocenters. The second kappa shape index (κ2) is 9.89. The van der Waals surface area contributed by atoms with Crippen molar-refractivity contribution in [2.24, 2.45) is 0 Å². The van der Waals surface area contributed by atoms with E-state index in [-0.39, 0.29) is 23.0 Å². The van der Waals surface area contributed by atoms with Crippen LogP contribution in [0.15, 0.2) is 41.3 Å². The molecule has 7 heteroatoms. The number of carbonyl (C=O) groups is 2. The number of benzene rings is 2. The Bertz CT molecular complexity index is 903. The highest BCUT2D eigenvalue weighted by molar-refractivity contribution is 8.00. The number of thioether (sulfide) groups is 1. The highest BCUT2D eigenvalue weighted by Gasteiger charge is 2.20. The van der Waals surface area contributed by atoms with Gasteiger partial charge in [0.05, 0.1) is 31.2 Å². The third-order valence-corrected chi connectivity index (χ3v) is 5.54. The van der Waals surface area contributed by atoms with E-state index in [9.17, 15) is 9.59 Å². The SMILES string of the molecule is COc1cc(NC(=O)CSc2ccc(C(C)(C)C)cc2)c(C(=O)N(C)C)cc1OC. The second-order valence-corrected chi connectivity index (χ2v) is 9.11. The molecule has 0 radical (unpaired) electrons. The van der Waals surface area contributed by atoms with Crippen LogP contribution in [-0.4, -0.2) is 50.8 Å². The molecule has 2 aromatic rings. The molecule has 30 heavy (non-hydrogen) atoms. The van der Waals surface area contributed by atoms with E-state index in [1.807, 2.05) is 12.1 Å². The lowest BCUT2D eigenvalue weighted by Gasteiger charge is -2.19. The lowest BCUT2D eigenvalue weighted by atomic mass is 9.87. The van der Waals surface area contributed by atoms with E-state index in [0.29, 0.717) is 22.7 Å². The van der Waals surface area contributed by atoms with Gasteiger partial charge in [0.15, 0.2) is 11.5 Å². The van der Waals surface area contributed by atoms with Crippen LogP contribution in [0.5, 0.6) is 11.5 Å². The summed E-state index contributed by atoms with van der Waals surface area (Å²) in [5.74, 6) is 0.637. The van der Waals surface area contributed by atoms with Gasteiger partial charge in [0, 0.05) is 25.1 Å². The van der Waals surface area contributed by atoms with Gasteiger partial charge in [0.2, 0.25) is 5.91 Å². The zero-order valence-corrected chi connectivity index (χ0v) is 19.5. The van der Waals surface area contributed by atoms with Gasteiger partial charge in [-0.15, -0.1) is 11.8 Å². The average molecular weight is 431 g/mol. The van der Waals surface area contributed by atoms with Gasteiger partial charge in [-0.2, -0.15) is 0 Å². The minimum absolute atomic E-state index is 0.0867. The average Bonchev–Trinajstić information content (AvgIpc) is 2.70. The summed E-state index contributed by atoms with van der Waals surface area (Å²) in [6.45, 7) is 6.50. The van der Waals surface area contributed by atoms with E-state index in [1.54, 1.807) is 26.2 Å². The largest absolute Gasteiger partial charge is 0.493 e. The number of methoxy groups -OCH3 is 2. The maximum absolute atomic E-state index is 12.6. The van der Waals surface area contributed by atoms with Crippen molar-refractivity contribution in [3.05, 3.63) is 47.5 Å². The van der Waals surface area contributed by atoms with Crippen LogP contribution in [0.1, 0.15) is 36.7 Å². The second-order valence-electron chi connectivity index (χ2n) is 8.06. The Labute approximate surface area is 182 Å². The van der Waals surface area contributed by atoms with Crippen molar-refractivity contribution in [2.45, 2.75) is 31.1 Å². The molecule has 0 aromatic heterocycles. The fourth-order valence-corrected chi connectivity index (χ4v) is 3.49. The zero-order valence-electron chi connectivity index (χ0n) is 18.7. The summed E-state index contributed by atoms with van der Waals surface area (Å²) in [6.07, 6.45) is 0. The molecular formula is C23H30N2O4S. The molecule has 0 spiro atoms. The Morgan fingerprint density at radius 2 is 1.57 bits per heavy atom. The fraction of sp³-hybridized carbons (Fsp3) is 0.391. The van der Waals surface area contributed by atoms with Gasteiger partial charge in [-0.1, -0.05) is 32.9 Å². The Morgan fingerprint density at radius 1 is 1.00 bits per heavy atom. The quantitative estimate of drug-likeness (QED) is 0.658. The number of anilines is 1. The maximum Gasteiger partial charge on any atom is 0.255 e. The molecule has 0 bridgehead atoms. The third kappa shape index (κ3) is 5.92. The normalized spacial score (nSPS) is 11.0. The number of rotatable bonds is 7. The van der Waals surface area contributed by atoms with Gasteiger partial charge in [0.1, 0.15) is 0 Å². The summed E-state index contributed by atoms with van der Waals surface area (Å²) in [5.41, 5.74) is 2.06. The van der Waals surface area contributed by atoms with E-state index in [4.69, 9.17) is 9.47 Å². The first-order valence-electron chi connectivity index (χ1n) is 9.57. The molecule has 1 N–H and O–H groups in total. The topological polar surface area (TPSA) is 67.9 Å². The number of carbonyl (C=O) groups excluding carboxylic acids is 2. The van der Waals surface area contributed by atoms with E-state index >= 15 is 0 Å². The van der Waals surface area contributed by atoms with Crippen molar-refractivity contribution in [3.63, 3.8) is 0 Å². The fourth-order valence-electron chi connectivity index (χ4n) is 2.79. The van der Waals surface area contributed by atoms with Crippen LogP contribution in [0.25, 0.3) is 0 Å². The Kier molecular flexibility index (Phi) is 7.78. The zero-order chi connectivity index (χ0) is 22.5. The number of hydrogen-bond donors (Lipinski definition) is 1. The molecule has 2 aromatic carbocycles. The van der Waals surface area contributed by atoms with Crippen molar-refractivity contribution < 1.29 is 19.1 Å². The van der Waals surface area contributed by atoms with Gasteiger partial charge in [-0.3, -0.25) is 9.59 Å². The van der Waals surface area contributed by atoms with E-state index in [2.05, 4.69) is 38.2 Å². The van der Waals surface area contributed by atoms with Crippen molar-refractivity contribution in [3.8, 4) is 11.5 Å². The van der Waals surface area contributed by atoms with Gasteiger partial charge < -0.3 is 19.7 Å². The molecule has 2 amide bonds. The number of amides is 2. The van der Waals surface area contributed by atoms with Crippen LogP contribution in [0.3, 0.4) is 0 Å². The molecule has 0 saturated carbocycles. The third-order valence-electron chi connectivity index (χ3n) is 4.52. The Hall–Kier alpha value is -2.67. The molecule has 0 heterocycles. The molecule has 0 unspecified atom stereocenters. The van der Waals surface area contributed by atoms with Crippen molar-refractivity contribution in [1.82, 2.24) is 4.90 Å². The van der Waals surface area contributed by atoms with Crippen LogP contribution in [0, 0.1) is 0 Å². The predicted molar refractivity (Wildman–Crippen MR) is 122 cm³/mol. The van der Waals surface area contributed by atoms with Crippen LogP contribution in [-0.2, 0) is 10.2 Å². The van der Waals surface area contributed by atoms with Gasteiger partial charge in [-0.05, 0) is 29.2 Å². The van der Waals surface area contributed by atoms with Crippen molar-refractivity contribution in [1.29, 1.82) is 0 Å². The van der Waals surface area contributed by atoms with Gasteiger partial charge in [-0.25, -0.2) is 0 Å². The molecule has 0 saturated heterocycles. The lowest BCUT2D eigenvalue weighted by molar-refractivity contribution is -0.113. The molecule has 0 aliphatic heterocycles. The minimum Gasteiger partial charge on any atom is -0.493 e. The standard InChI is InChI=1S/C23H30N2O4S/c1-23(2,3)15-8-10-16(11-9-15)30-14-21(26)24-18-13-20(29-7)19(28-6)12-17(18)22(27)25(4)5/h8-13H,14H2,1-7H3,(H,24,26). The summed E-state index contributed by atoms with van der Waals surface area (Å²) in [6, 6.07) is 11.4. The van der Waals surface area contributed by atoms with E-state index < -0.39 is 0 Å². The lowest BCUT2D eigenvalue weighted by Crippen LogP contribution is -2.24. The first-order valence-corrected chi connectivity index (χ1v) is 10.6. The number of hydrogen-bond acceptors (Lipinski definition) is 5. The van der Waals surface area contributed by atoms with Gasteiger partial charge >= 0.3 is 0 Å². The van der Waals surface area contributed by atoms with Crippen LogP contribution >= 0.6 is 11.8 Å². The smallest absolute Gasteiger partial charge is 0.255 e. The monoisotopic (exact) mass is 430 g/mol. The van der Waals surface area contributed by atoms with Crippen LogP contribution in [0.4, 0.5) is 5.69 Å². The molecule has 0 fully saturated rings. The van der Waals surface area contributed by atoms with Crippen LogP contribution in [0.2, 0.25) is 0 Å². The van der Waals surface area contributed by atoms with E-state index in [1.165, 1.54) is 36.4 Å². The highest BCUT2D eigenvalue weighted by atomic mass is 32.2. The summed E-state index contributed by atoms with van der Waals surface area (Å²) in [5, 5.41) is 2.84. The van der Waals surface area contributed by atoms with E-state index in [0.717, 1.165) is 4.90 Å². The van der Waals surface area contributed by atoms with Crippen LogP contribution < -0.4 is 14.8 Å². The number of nitrogens with zero attached hydrogens (tertiary/aromatic N) is 1. The van der Waals surface area contributed by atoms with Gasteiger partial charge in [0.25, 0.3) is 5.91 Å². The summed E-state index contributed by atoms with van der Waals surface area (Å²) < 4.78 is 10.6. The Morgan fingerprint density at radius 3 is 2.07 bits per heavy atom. The number of nitrogens with one attached hydrogen (secondary N) is 1. The summed E-state index contributed by atoms with van der Waals surface area (Å²) in [4.78, 5) is 27.6. The Balaban J connectivity index is 2.16. The highest BCUT2D eigenvalue weighted by Crippen LogP contribution is 2.34. The van der Waals surface area contributed by atoms with Crippen molar-refractivity contribution >= 4 is 29.3 Å². The predicted octanol–water partition coefficient (Wildman–Crippen LogP) is 4.43. The molecule has 0 aliphatic rings. The molecular weight excluding hydrogens is 400 g/mol. The van der Waals surface area contributed by atoms with Crippen molar-refractivity contribution in [2.75, 3.05) is 39.4 Å². The first-order chi connectivity index (χ1) is 14.1. The molecule has 6 nitrogen and oxygen atoms in total. The number of ether oxygens (including phenoxy) is 2. The first kappa shape index (κ1) is 23.6. The molecule has 2 rings (SSSR count). The summed E-state index contributed by atoms with van der Waals surface area (Å²) >= 11 is 1.44. The molecule has 0 aliphatic carbocycles. The molecule has 162 valence electrons. The maximum atomic E-state index is 12.6. The summed E-state index contributed by atoms with van der Waals surface area (Å²) in [7, 11) is 6.32. The minimum atomic E-state index is -0.239.